The van der Waals surface area contributed by atoms with Gasteiger partial charge in [-0.1, -0.05) is 52.0 Å². The number of ether oxygens (including phenoxy) is 1. The van der Waals surface area contributed by atoms with Crippen LogP contribution in [-0.4, -0.2) is 45.3 Å². The predicted octanol–water partition coefficient (Wildman–Crippen LogP) is 7.31. The van der Waals surface area contributed by atoms with E-state index >= 15 is 0 Å². The third-order valence-corrected chi connectivity index (χ3v) is 7.04. The maximum absolute atomic E-state index is 7.85. The first-order valence-corrected chi connectivity index (χ1v) is 14.1. The molecule has 4 aromatic rings. The Bertz CT molecular complexity index is 1460. The van der Waals surface area contributed by atoms with Crippen molar-refractivity contribution in [3.63, 3.8) is 0 Å². The van der Waals surface area contributed by atoms with E-state index in [2.05, 4.69) is 66.8 Å². The highest BCUT2D eigenvalue weighted by molar-refractivity contribution is 5.99. The number of aromatic nitrogens is 2. The van der Waals surface area contributed by atoms with E-state index in [1.807, 2.05) is 45.0 Å². The second-order valence-corrected chi connectivity index (χ2v) is 10.1. The van der Waals surface area contributed by atoms with Gasteiger partial charge in [-0.3, -0.25) is 10.8 Å². The van der Waals surface area contributed by atoms with E-state index in [1.54, 1.807) is 0 Å². The van der Waals surface area contributed by atoms with Gasteiger partial charge in [-0.2, -0.15) is 0 Å². The average molecular weight is 541 g/mol. The number of nitrogens with one attached hydrogen (secondary N) is 2. The summed E-state index contributed by atoms with van der Waals surface area (Å²) in [7, 11) is 0. The highest BCUT2D eigenvalue weighted by atomic mass is 16.5. The lowest BCUT2D eigenvalue weighted by Crippen LogP contribution is -2.40. The van der Waals surface area contributed by atoms with Crippen molar-refractivity contribution in [2.45, 2.75) is 66.0 Å². The molecule has 0 radical (unpaired) electrons. The van der Waals surface area contributed by atoms with Crippen LogP contribution in [-0.2, 0) is 6.54 Å². The molecule has 1 aliphatic heterocycles. The van der Waals surface area contributed by atoms with E-state index < -0.39 is 0 Å². The lowest BCUT2D eigenvalue weighted by Gasteiger charge is -2.32. The first-order valence-electron chi connectivity index (χ1n) is 14.1. The molecule has 0 saturated carbocycles. The van der Waals surface area contributed by atoms with Gasteiger partial charge in [0.1, 0.15) is 23.5 Å². The third kappa shape index (κ3) is 6.89. The second kappa shape index (κ2) is 13.8. The van der Waals surface area contributed by atoms with E-state index in [-0.39, 0.29) is 17.9 Å². The van der Waals surface area contributed by atoms with Crippen molar-refractivity contribution in [2.24, 2.45) is 5.73 Å². The van der Waals surface area contributed by atoms with Crippen LogP contribution < -0.4 is 10.5 Å². The normalized spacial score (nSPS) is 13.4. The van der Waals surface area contributed by atoms with E-state index in [1.165, 1.54) is 5.56 Å². The molecule has 0 spiro atoms. The molecule has 7 nitrogen and oxygen atoms in total. The van der Waals surface area contributed by atoms with Crippen LogP contribution in [0.1, 0.15) is 70.3 Å². The lowest BCUT2D eigenvalue weighted by atomic mass is 10.0. The van der Waals surface area contributed by atoms with Crippen LogP contribution in [0.2, 0.25) is 0 Å². The topological polar surface area (TPSA) is 104 Å². The van der Waals surface area contributed by atoms with Crippen molar-refractivity contribution < 1.29 is 4.74 Å². The molecule has 0 atom stereocenters. The van der Waals surface area contributed by atoms with Gasteiger partial charge in [0, 0.05) is 50.0 Å². The number of nitrogens with zero attached hydrogens (tertiary/aromatic N) is 3. The Balaban J connectivity index is 0.00000106. The van der Waals surface area contributed by atoms with Crippen LogP contribution >= 0.6 is 0 Å². The number of benzene rings is 3. The molecule has 0 amide bonds. The van der Waals surface area contributed by atoms with E-state index in [0.717, 1.165) is 64.9 Å². The van der Waals surface area contributed by atoms with Crippen molar-refractivity contribution in [1.82, 2.24) is 14.5 Å². The second-order valence-electron chi connectivity index (χ2n) is 10.1. The zero-order valence-corrected chi connectivity index (χ0v) is 24.6. The largest absolute Gasteiger partial charge is 0.490 e. The van der Waals surface area contributed by atoms with Gasteiger partial charge in [-0.25, -0.2) is 4.98 Å². The van der Waals surface area contributed by atoms with Gasteiger partial charge in [0.25, 0.3) is 0 Å². The molecule has 1 aliphatic rings. The SMILES string of the molecule is C=C.CC.CC(=N)N1CCC(Oc2ccc3nc(C(C)C)n(Cc4ccc5ccc(C(=N)N)cc5c4)c3c2)CC1. The van der Waals surface area contributed by atoms with Crippen LogP contribution in [0.3, 0.4) is 0 Å². The Morgan fingerprint density at radius 1 is 1.00 bits per heavy atom. The Labute approximate surface area is 238 Å². The zero-order chi connectivity index (χ0) is 29.4. The maximum Gasteiger partial charge on any atom is 0.122 e. The number of piperidine rings is 1. The molecule has 3 aromatic carbocycles. The monoisotopic (exact) mass is 540 g/mol. The fourth-order valence-electron chi connectivity index (χ4n) is 5.05. The Hall–Kier alpha value is -4.13. The molecule has 1 aromatic heterocycles. The van der Waals surface area contributed by atoms with Gasteiger partial charge in [0.05, 0.1) is 16.9 Å². The number of amidine groups is 2. The summed E-state index contributed by atoms with van der Waals surface area (Å²) in [5.74, 6) is 2.91. The Kier molecular flexibility index (Phi) is 10.5. The van der Waals surface area contributed by atoms with Crippen molar-refractivity contribution in [1.29, 1.82) is 10.8 Å². The molecule has 1 fully saturated rings. The zero-order valence-electron chi connectivity index (χ0n) is 24.6. The predicted molar refractivity (Wildman–Crippen MR) is 169 cm³/mol. The van der Waals surface area contributed by atoms with Gasteiger partial charge in [0.15, 0.2) is 0 Å². The molecular formula is C33H44N6O. The van der Waals surface area contributed by atoms with Crippen LogP contribution in [0, 0.1) is 10.8 Å². The van der Waals surface area contributed by atoms with Gasteiger partial charge in [0.2, 0.25) is 0 Å². The molecule has 0 aliphatic carbocycles. The maximum atomic E-state index is 7.85. The van der Waals surface area contributed by atoms with Crippen LogP contribution in [0.15, 0.2) is 67.8 Å². The van der Waals surface area contributed by atoms with Crippen molar-refractivity contribution in [3.8, 4) is 5.75 Å². The highest BCUT2D eigenvalue weighted by Gasteiger charge is 2.22. The number of fused-ring (bicyclic) bond motifs is 2. The molecule has 1 saturated heterocycles. The number of nitrogen functional groups attached to an aromatic ring is 1. The van der Waals surface area contributed by atoms with E-state index in [0.29, 0.717) is 12.4 Å². The molecule has 0 bridgehead atoms. The van der Waals surface area contributed by atoms with Crippen LogP contribution in [0.4, 0.5) is 0 Å². The highest BCUT2D eigenvalue weighted by Crippen LogP contribution is 2.29. The minimum atomic E-state index is 0.0798. The van der Waals surface area contributed by atoms with Gasteiger partial charge in [-0.15, -0.1) is 13.2 Å². The fourth-order valence-corrected chi connectivity index (χ4v) is 5.05. The molecule has 212 valence electrons. The molecule has 5 rings (SSSR count). The van der Waals surface area contributed by atoms with Gasteiger partial charge >= 0.3 is 0 Å². The number of hydrogen-bond donors (Lipinski definition) is 3. The van der Waals surface area contributed by atoms with Gasteiger partial charge < -0.3 is 19.9 Å². The molecule has 2 heterocycles. The lowest BCUT2D eigenvalue weighted by molar-refractivity contribution is 0.130. The van der Waals surface area contributed by atoms with E-state index in [4.69, 9.17) is 26.3 Å². The molecule has 40 heavy (non-hydrogen) atoms. The summed E-state index contributed by atoms with van der Waals surface area (Å²) in [6.45, 7) is 18.6. The summed E-state index contributed by atoms with van der Waals surface area (Å²) in [5.41, 5.74) is 9.67. The quantitative estimate of drug-likeness (QED) is 0.135. The van der Waals surface area contributed by atoms with Gasteiger partial charge in [-0.05, 0) is 47.5 Å². The summed E-state index contributed by atoms with van der Waals surface area (Å²) >= 11 is 0. The van der Waals surface area contributed by atoms with E-state index in [9.17, 15) is 0 Å². The third-order valence-electron chi connectivity index (χ3n) is 7.04. The standard InChI is InChI=1S/C29H34N6O.C2H6.C2H4/c1-18(2)29-33-26-9-8-25(36-24-10-12-34(13-11-24)19(3)30)16-27(26)35(29)17-20-4-5-21-6-7-22(28(31)32)15-23(21)14-20;2*1-2/h4-9,14-16,18,24,30H,10-13,17H2,1-3H3,(H3,31,32);1-2H3;1-2H2. The molecule has 0 unspecified atom stereocenters. The summed E-state index contributed by atoms with van der Waals surface area (Å²) in [6.07, 6.45) is 2.00. The molecular weight excluding hydrogens is 496 g/mol. The Morgan fingerprint density at radius 3 is 2.30 bits per heavy atom. The molecule has 4 N–H and O–H groups in total. The summed E-state index contributed by atoms with van der Waals surface area (Å²) in [5, 5.41) is 17.8. The summed E-state index contributed by atoms with van der Waals surface area (Å²) in [4.78, 5) is 7.06. The minimum absolute atomic E-state index is 0.0798. The van der Waals surface area contributed by atoms with Crippen LogP contribution in [0.25, 0.3) is 21.8 Å². The number of hydrogen-bond acceptors (Lipinski definition) is 4. The van der Waals surface area contributed by atoms with Crippen molar-refractivity contribution >= 4 is 33.5 Å². The number of imidazole rings is 1. The number of likely N-dealkylation sites (tertiary alicyclic amines) is 1. The molecule has 7 heteroatoms. The first kappa shape index (κ1) is 30.4. The average Bonchev–Trinajstić information content (AvgIpc) is 3.33. The smallest absolute Gasteiger partial charge is 0.122 e. The van der Waals surface area contributed by atoms with Crippen LogP contribution in [0.5, 0.6) is 5.75 Å². The number of rotatable bonds is 6. The minimum Gasteiger partial charge on any atom is -0.490 e. The number of nitrogens with two attached hydrogens (primary N) is 1. The van der Waals surface area contributed by atoms with Crippen molar-refractivity contribution in [3.05, 3.63) is 84.7 Å². The van der Waals surface area contributed by atoms with Crippen molar-refractivity contribution in [2.75, 3.05) is 13.1 Å². The summed E-state index contributed by atoms with van der Waals surface area (Å²) < 4.78 is 8.68. The summed E-state index contributed by atoms with van der Waals surface area (Å²) in [6, 6.07) is 18.6. The fraction of sp³-hybridized carbons (Fsp3) is 0.364. The first-order chi connectivity index (χ1) is 19.3. The Morgan fingerprint density at radius 2 is 1.68 bits per heavy atom.